The molecule has 130 valence electrons. The number of carbonyl (C=O) groups excluding carboxylic acids is 1. The molecule has 1 N–H and O–H groups in total. The van der Waals surface area contributed by atoms with Crippen LogP contribution in [0.25, 0.3) is 16.6 Å². The Morgan fingerprint density at radius 1 is 1.24 bits per heavy atom. The van der Waals surface area contributed by atoms with E-state index in [2.05, 4.69) is 34.6 Å². The highest BCUT2D eigenvalue weighted by Gasteiger charge is 2.17. The molecule has 0 atom stereocenters. The molecule has 1 amide bonds. The van der Waals surface area contributed by atoms with Crippen LogP contribution in [0.2, 0.25) is 0 Å². The number of fused-ring (bicyclic) bond motifs is 3. The molecule has 6 heteroatoms. The number of amides is 1. The fourth-order valence-electron chi connectivity index (χ4n) is 3.61. The van der Waals surface area contributed by atoms with E-state index in [9.17, 15) is 4.79 Å². The van der Waals surface area contributed by atoms with E-state index in [1.54, 1.807) is 0 Å². The Hall–Kier alpha value is -2.08. The van der Waals surface area contributed by atoms with Gasteiger partial charge in [-0.25, -0.2) is 0 Å². The number of aryl methyl sites for hydroxylation is 1. The summed E-state index contributed by atoms with van der Waals surface area (Å²) >= 11 is 1.45. The number of carbonyl (C=O) groups is 1. The molecule has 0 aliphatic heterocycles. The minimum absolute atomic E-state index is 0.0880. The second-order valence-electron chi connectivity index (χ2n) is 6.71. The van der Waals surface area contributed by atoms with Crippen LogP contribution in [0, 0.1) is 6.92 Å². The molecule has 25 heavy (non-hydrogen) atoms. The van der Waals surface area contributed by atoms with Crippen molar-refractivity contribution in [2.75, 3.05) is 5.75 Å². The van der Waals surface area contributed by atoms with Gasteiger partial charge < -0.3 is 5.32 Å². The van der Waals surface area contributed by atoms with Crippen molar-refractivity contribution in [1.82, 2.24) is 19.9 Å². The second-order valence-corrected chi connectivity index (χ2v) is 7.65. The number of pyridine rings is 1. The van der Waals surface area contributed by atoms with Crippen molar-refractivity contribution >= 4 is 34.2 Å². The lowest BCUT2D eigenvalue weighted by atomic mass is 9.95. The Balaban J connectivity index is 1.53. The summed E-state index contributed by atoms with van der Waals surface area (Å²) in [6.45, 7) is 2.08. The third kappa shape index (κ3) is 3.35. The molecule has 1 aliphatic rings. The second kappa shape index (κ2) is 7.04. The number of hydrogen-bond acceptors (Lipinski definition) is 4. The molecule has 1 aromatic carbocycles. The van der Waals surface area contributed by atoms with Gasteiger partial charge in [-0.3, -0.25) is 9.20 Å². The number of aromatic nitrogens is 3. The van der Waals surface area contributed by atoms with Crippen LogP contribution in [-0.4, -0.2) is 32.3 Å². The molecular formula is C19H22N4OS. The lowest BCUT2D eigenvalue weighted by molar-refractivity contribution is -0.119. The normalized spacial score (nSPS) is 15.7. The van der Waals surface area contributed by atoms with Gasteiger partial charge in [-0.1, -0.05) is 49.2 Å². The molecule has 0 spiro atoms. The van der Waals surface area contributed by atoms with Gasteiger partial charge in [0.2, 0.25) is 5.91 Å². The number of thioether (sulfide) groups is 1. The molecule has 0 unspecified atom stereocenters. The molecular weight excluding hydrogens is 332 g/mol. The van der Waals surface area contributed by atoms with Gasteiger partial charge in [0.15, 0.2) is 10.8 Å². The number of nitrogens with zero attached hydrogens (tertiary/aromatic N) is 3. The Bertz CT molecular complexity index is 914. The average molecular weight is 354 g/mol. The first-order valence-corrected chi connectivity index (χ1v) is 9.86. The van der Waals surface area contributed by atoms with E-state index in [-0.39, 0.29) is 5.91 Å². The maximum Gasteiger partial charge on any atom is 0.230 e. The number of nitrogens with one attached hydrogen (secondary N) is 1. The molecule has 1 saturated carbocycles. The summed E-state index contributed by atoms with van der Waals surface area (Å²) < 4.78 is 2.04. The van der Waals surface area contributed by atoms with Crippen LogP contribution in [0.3, 0.4) is 0 Å². The molecule has 2 aromatic heterocycles. The number of para-hydroxylation sites is 1. The summed E-state index contributed by atoms with van der Waals surface area (Å²) in [5.74, 6) is 0.463. The molecule has 2 heterocycles. The summed E-state index contributed by atoms with van der Waals surface area (Å²) in [5.41, 5.74) is 3.09. The van der Waals surface area contributed by atoms with Gasteiger partial charge in [-0.05, 0) is 37.5 Å². The quantitative estimate of drug-likeness (QED) is 0.725. The Labute approximate surface area is 151 Å². The molecule has 1 fully saturated rings. The van der Waals surface area contributed by atoms with Crippen molar-refractivity contribution in [2.45, 2.75) is 50.2 Å². The Morgan fingerprint density at radius 3 is 2.88 bits per heavy atom. The number of benzene rings is 1. The standard InChI is InChI=1S/C19H22N4OS/c1-13-11-17-21-22-19(23(17)16-10-6-5-9-15(13)16)25-12-18(24)20-14-7-3-2-4-8-14/h5-6,9-11,14H,2-4,7-8,12H2,1H3,(H,20,24). The maximum absolute atomic E-state index is 12.3. The van der Waals surface area contributed by atoms with Crippen molar-refractivity contribution in [2.24, 2.45) is 0 Å². The van der Waals surface area contributed by atoms with Crippen LogP contribution in [0.5, 0.6) is 0 Å². The van der Waals surface area contributed by atoms with Crippen molar-refractivity contribution in [3.8, 4) is 0 Å². The van der Waals surface area contributed by atoms with Crippen molar-refractivity contribution in [3.63, 3.8) is 0 Å². The van der Waals surface area contributed by atoms with Gasteiger partial charge in [0, 0.05) is 11.4 Å². The first kappa shape index (κ1) is 16.4. The van der Waals surface area contributed by atoms with E-state index in [1.807, 2.05) is 22.6 Å². The smallest absolute Gasteiger partial charge is 0.230 e. The van der Waals surface area contributed by atoms with Crippen molar-refractivity contribution in [1.29, 1.82) is 0 Å². The zero-order valence-electron chi connectivity index (χ0n) is 14.4. The number of rotatable bonds is 4. The Kier molecular flexibility index (Phi) is 4.61. The van der Waals surface area contributed by atoms with Gasteiger partial charge in [0.1, 0.15) is 0 Å². The number of hydrogen-bond donors (Lipinski definition) is 1. The van der Waals surface area contributed by atoms with E-state index >= 15 is 0 Å². The van der Waals surface area contributed by atoms with E-state index in [1.165, 1.54) is 42.0 Å². The molecule has 0 saturated heterocycles. The van der Waals surface area contributed by atoms with Crippen LogP contribution < -0.4 is 5.32 Å². The van der Waals surface area contributed by atoms with Gasteiger partial charge >= 0.3 is 0 Å². The molecule has 0 radical (unpaired) electrons. The van der Waals surface area contributed by atoms with Crippen LogP contribution in [0.15, 0.2) is 35.5 Å². The third-order valence-electron chi connectivity index (χ3n) is 4.88. The molecule has 5 nitrogen and oxygen atoms in total. The molecule has 3 aromatic rings. The van der Waals surface area contributed by atoms with Crippen LogP contribution >= 0.6 is 11.8 Å². The average Bonchev–Trinajstić information content (AvgIpc) is 3.04. The monoisotopic (exact) mass is 354 g/mol. The first-order chi connectivity index (χ1) is 12.2. The van der Waals surface area contributed by atoms with E-state index in [0.29, 0.717) is 11.8 Å². The first-order valence-electron chi connectivity index (χ1n) is 8.88. The van der Waals surface area contributed by atoms with Crippen molar-refractivity contribution < 1.29 is 4.79 Å². The highest BCUT2D eigenvalue weighted by atomic mass is 32.2. The summed E-state index contributed by atoms with van der Waals surface area (Å²) in [6.07, 6.45) is 5.94. The third-order valence-corrected chi connectivity index (χ3v) is 5.81. The fourth-order valence-corrected chi connectivity index (χ4v) is 4.38. The van der Waals surface area contributed by atoms with E-state index in [4.69, 9.17) is 0 Å². The van der Waals surface area contributed by atoms with Crippen LogP contribution in [0.4, 0.5) is 0 Å². The summed E-state index contributed by atoms with van der Waals surface area (Å²) in [5, 5.41) is 13.7. The lowest BCUT2D eigenvalue weighted by Crippen LogP contribution is -2.37. The SMILES string of the molecule is Cc1cc2nnc(SCC(=O)NC3CCCCC3)n2c2ccccc12. The van der Waals surface area contributed by atoms with Gasteiger partial charge in [-0.15, -0.1) is 10.2 Å². The zero-order chi connectivity index (χ0) is 17.2. The van der Waals surface area contributed by atoms with Gasteiger partial charge in [0.25, 0.3) is 0 Å². The van der Waals surface area contributed by atoms with Gasteiger partial charge in [-0.2, -0.15) is 0 Å². The minimum atomic E-state index is 0.0880. The van der Waals surface area contributed by atoms with Crippen LogP contribution in [-0.2, 0) is 4.79 Å². The largest absolute Gasteiger partial charge is 0.353 e. The fraction of sp³-hybridized carbons (Fsp3) is 0.421. The van der Waals surface area contributed by atoms with E-state index in [0.717, 1.165) is 29.2 Å². The highest BCUT2D eigenvalue weighted by molar-refractivity contribution is 7.99. The predicted molar refractivity (Wildman–Crippen MR) is 101 cm³/mol. The molecule has 4 rings (SSSR count). The summed E-state index contributed by atoms with van der Waals surface area (Å²) in [7, 11) is 0. The topological polar surface area (TPSA) is 59.3 Å². The summed E-state index contributed by atoms with van der Waals surface area (Å²) in [4.78, 5) is 12.3. The molecule has 1 aliphatic carbocycles. The van der Waals surface area contributed by atoms with E-state index < -0.39 is 0 Å². The molecule has 0 bridgehead atoms. The Morgan fingerprint density at radius 2 is 2.04 bits per heavy atom. The van der Waals surface area contributed by atoms with Crippen molar-refractivity contribution in [3.05, 3.63) is 35.9 Å². The van der Waals surface area contributed by atoms with Crippen LogP contribution in [0.1, 0.15) is 37.7 Å². The maximum atomic E-state index is 12.3. The highest BCUT2D eigenvalue weighted by Crippen LogP contribution is 2.25. The lowest BCUT2D eigenvalue weighted by Gasteiger charge is -2.22. The minimum Gasteiger partial charge on any atom is -0.353 e. The summed E-state index contributed by atoms with van der Waals surface area (Å²) in [6, 6.07) is 10.6. The van der Waals surface area contributed by atoms with Gasteiger partial charge in [0.05, 0.1) is 11.3 Å². The zero-order valence-corrected chi connectivity index (χ0v) is 15.2. The predicted octanol–water partition coefficient (Wildman–Crippen LogP) is 3.73.